The molecule has 1 aromatic rings. The van der Waals surface area contributed by atoms with Crippen molar-refractivity contribution in [2.75, 3.05) is 43.6 Å². The number of anilines is 3. The molecule has 0 fully saturated rings. The van der Waals surface area contributed by atoms with Gasteiger partial charge in [0.25, 0.3) is 0 Å². The molecule has 0 aliphatic carbocycles. The highest BCUT2D eigenvalue weighted by atomic mass is 19.1. The van der Waals surface area contributed by atoms with Crippen LogP contribution >= 0.6 is 0 Å². The molecule has 0 unspecified atom stereocenters. The first-order chi connectivity index (χ1) is 15.7. The first-order valence-corrected chi connectivity index (χ1v) is 9.79. The average molecular weight is 455 g/mol. The van der Waals surface area contributed by atoms with Crippen molar-refractivity contribution in [1.82, 2.24) is 15.0 Å². The second-order valence-electron chi connectivity index (χ2n) is 6.69. The minimum Gasteiger partial charge on any atom is -0.452 e. The van der Waals surface area contributed by atoms with Gasteiger partial charge in [0.1, 0.15) is 17.2 Å². The van der Waals surface area contributed by atoms with E-state index in [1.807, 2.05) is 19.1 Å². The highest BCUT2D eigenvalue weighted by Gasteiger charge is 2.31. The van der Waals surface area contributed by atoms with Crippen LogP contribution in [0.3, 0.4) is 0 Å². The van der Waals surface area contributed by atoms with E-state index in [0.29, 0.717) is 18.0 Å². The number of nitrogens with two attached hydrogens (primary N) is 2. The van der Waals surface area contributed by atoms with Crippen LogP contribution in [-0.4, -0.2) is 59.9 Å². The standard InChI is InChI=1S/C22H27FN8O2/c1-7-10-11-26-21-13(4)16(29-31(21)12-14(8-2)15(23)9-3)20-27-18(24)17(19(25)28-20)30(5)22(32)33-6/h7-10H,2-4,11-12H2,1,5-6H3,(H4,24,25,27,28)/b10-7-,15-14-,26-21?. The third-order valence-electron chi connectivity index (χ3n) is 4.59. The van der Waals surface area contributed by atoms with Crippen LogP contribution in [0, 0.1) is 0 Å². The molecule has 174 valence electrons. The Morgan fingerprint density at radius 1 is 1.27 bits per heavy atom. The summed E-state index contributed by atoms with van der Waals surface area (Å²) in [7, 11) is 2.65. The zero-order chi connectivity index (χ0) is 24.7. The third kappa shape index (κ3) is 5.32. The molecule has 1 aliphatic rings. The van der Waals surface area contributed by atoms with Gasteiger partial charge in [0, 0.05) is 18.2 Å². The number of allylic oxidation sites excluding steroid dienone is 3. The summed E-state index contributed by atoms with van der Waals surface area (Å²) in [6.07, 6.45) is 5.46. The van der Waals surface area contributed by atoms with Crippen LogP contribution in [-0.2, 0) is 4.74 Å². The Hall–Kier alpha value is -4.28. The predicted molar refractivity (Wildman–Crippen MR) is 130 cm³/mol. The molecule has 0 spiro atoms. The van der Waals surface area contributed by atoms with Crippen molar-refractivity contribution in [3.63, 3.8) is 0 Å². The van der Waals surface area contributed by atoms with Crippen molar-refractivity contribution >= 4 is 35.0 Å². The van der Waals surface area contributed by atoms with E-state index in [-0.39, 0.29) is 41.0 Å². The highest BCUT2D eigenvalue weighted by Crippen LogP contribution is 2.29. The van der Waals surface area contributed by atoms with Gasteiger partial charge in [-0.2, -0.15) is 5.10 Å². The lowest BCUT2D eigenvalue weighted by Crippen LogP contribution is -2.29. The SMILES string of the molecule is C=C/C(F)=C(\C=C)CN1N=C(c2nc(N)c(N(C)C(=O)OC)c(N)n2)C(=C)C1=NC/C=C\C. The number of nitrogens with zero attached hydrogens (tertiary/aromatic N) is 6. The second-order valence-corrected chi connectivity index (χ2v) is 6.69. The number of hydrogen-bond donors (Lipinski definition) is 2. The van der Waals surface area contributed by atoms with Gasteiger partial charge in [0.05, 0.1) is 20.2 Å². The number of hydrazone groups is 1. The van der Waals surface area contributed by atoms with Gasteiger partial charge in [-0.1, -0.05) is 38.0 Å². The molecule has 4 N–H and O–H groups in total. The molecule has 2 rings (SSSR count). The lowest BCUT2D eigenvalue weighted by atomic mass is 10.1. The number of methoxy groups -OCH3 is 1. The molecular formula is C22H27FN8O2. The van der Waals surface area contributed by atoms with E-state index in [2.05, 4.69) is 44.5 Å². The van der Waals surface area contributed by atoms with Gasteiger partial charge in [0.2, 0.25) is 0 Å². The van der Waals surface area contributed by atoms with E-state index in [9.17, 15) is 9.18 Å². The maximum absolute atomic E-state index is 14.2. The number of aliphatic imine (C=N–C) groups is 1. The van der Waals surface area contributed by atoms with Gasteiger partial charge in [-0.05, 0) is 13.0 Å². The van der Waals surface area contributed by atoms with E-state index < -0.39 is 11.9 Å². The van der Waals surface area contributed by atoms with Gasteiger partial charge in [-0.3, -0.25) is 9.89 Å². The van der Waals surface area contributed by atoms with Crippen molar-refractivity contribution < 1.29 is 13.9 Å². The van der Waals surface area contributed by atoms with E-state index in [0.717, 1.165) is 11.0 Å². The van der Waals surface area contributed by atoms with E-state index in [1.54, 1.807) is 0 Å². The smallest absolute Gasteiger partial charge is 0.413 e. The van der Waals surface area contributed by atoms with Crippen molar-refractivity contribution in [3.05, 3.63) is 66.8 Å². The maximum Gasteiger partial charge on any atom is 0.413 e. The Balaban J connectivity index is 2.55. The van der Waals surface area contributed by atoms with Crippen LogP contribution < -0.4 is 16.4 Å². The van der Waals surface area contributed by atoms with E-state index in [4.69, 9.17) is 11.5 Å². The summed E-state index contributed by atoms with van der Waals surface area (Å²) in [5.41, 5.74) is 13.1. The van der Waals surface area contributed by atoms with Crippen molar-refractivity contribution in [2.45, 2.75) is 6.92 Å². The molecule has 0 bridgehead atoms. The maximum atomic E-state index is 14.2. The number of carbonyl (C=O) groups excluding carboxylic acids is 1. The molecule has 10 nitrogen and oxygen atoms in total. The number of carbonyl (C=O) groups is 1. The molecule has 0 saturated carbocycles. The number of ether oxygens (including phenoxy) is 1. The van der Waals surface area contributed by atoms with Crippen LogP contribution in [0.25, 0.3) is 0 Å². The quantitative estimate of drug-likeness (QED) is 0.455. The molecule has 33 heavy (non-hydrogen) atoms. The summed E-state index contributed by atoms with van der Waals surface area (Å²) in [4.78, 5) is 25.9. The summed E-state index contributed by atoms with van der Waals surface area (Å²) in [5.74, 6) is -0.179. The third-order valence-corrected chi connectivity index (χ3v) is 4.59. The fourth-order valence-electron chi connectivity index (χ4n) is 2.90. The average Bonchev–Trinajstić information content (AvgIpc) is 3.10. The van der Waals surface area contributed by atoms with E-state index in [1.165, 1.54) is 25.2 Å². The Morgan fingerprint density at radius 3 is 2.42 bits per heavy atom. The lowest BCUT2D eigenvalue weighted by molar-refractivity contribution is 0.180. The topological polar surface area (TPSA) is 135 Å². The summed E-state index contributed by atoms with van der Waals surface area (Å²) in [6.45, 7) is 13.4. The summed E-state index contributed by atoms with van der Waals surface area (Å²) >= 11 is 0. The van der Waals surface area contributed by atoms with Gasteiger partial charge >= 0.3 is 6.09 Å². The summed E-state index contributed by atoms with van der Waals surface area (Å²) in [6, 6.07) is 0. The lowest BCUT2D eigenvalue weighted by Gasteiger charge is -2.18. The Morgan fingerprint density at radius 2 is 1.91 bits per heavy atom. The number of hydrogen-bond acceptors (Lipinski definition) is 8. The van der Waals surface area contributed by atoms with Gasteiger partial charge in [-0.25, -0.2) is 24.2 Å². The number of aromatic nitrogens is 2. The second kappa shape index (κ2) is 10.8. The van der Waals surface area contributed by atoms with Gasteiger partial charge < -0.3 is 16.2 Å². The molecule has 1 aliphatic heterocycles. The molecule has 1 amide bonds. The number of amidine groups is 1. The number of amides is 1. The predicted octanol–water partition coefficient (Wildman–Crippen LogP) is 2.99. The number of nitrogen functional groups attached to an aromatic ring is 2. The van der Waals surface area contributed by atoms with Gasteiger partial charge in [-0.15, -0.1) is 0 Å². The fraction of sp³-hybridized carbons (Fsp3) is 0.227. The monoisotopic (exact) mass is 454 g/mol. The molecule has 1 aromatic heterocycles. The summed E-state index contributed by atoms with van der Waals surface area (Å²) in [5, 5.41) is 5.95. The van der Waals surface area contributed by atoms with Gasteiger partial charge in [0.15, 0.2) is 23.3 Å². The minimum absolute atomic E-state index is 0.0205. The normalized spacial score (nSPS) is 15.5. The largest absolute Gasteiger partial charge is 0.452 e. The Kier molecular flexibility index (Phi) is 8.21. The zero-order valence-corrected chi connectivity index (χ0v) is 18.9. The zero-order valence-electron chi connectivity index (χ0n) is 18.9. The molecule has 0 atom stereocenters. The van der Waals surface area contributed by atoms with Crippen LogP contribution in [0.2, 0.25) is 0 Å². The molecule has 0 saturated heterocycles. The van der Waals surface area contributed by atoms with Crippen LogP contribution in [0.5, 0.6) is 0 Å². The minimum atomic E-state index is -0.690. The molecule has 2 heterocycles. The van der Waals surface area contributed by atoms with Crippen LogP contribution in [0.4, 0.5) is 26.5 Å². The molecule has 0 aromatic carbocycles. The number of halogens is 1. The molecule has 11 heteroatoms. The number of rotatable bonds is 8. The molecular weight excluding hydrogens is 427 g/mol. The van der Waals surface area contributed by atoms with Crippen molar-refractivity contribution in [2.24, 2.45) is 10.1 Å². The van der Waals surface area contributed by atoms with Crippen LogP contribution in [0.15, 0.2) is 71.1 Å². The Labute approximate surface area is 191 Å². The van der Waals surface area contributed by atoms with E-state index >= 15 is 0 Å². The first kappa shape index (κ1) is 25.0. The Bertz CT molecular complexity index is 1080. The fourth-order valence-corrected chi connectivity index (χ4v) is 2.90. The summed E-state index contributed by atoms with van der Waals surface area (Å²) < 4.78 is 18.8. The molecule has 0 radical (unpaired) electrons. The van der Waals surface area contributed by atoms with Crippen molar-refractivity contribution in [1.29, 1.82) is 0 Å². The first-order valence-electron chi connectivity index (χ1n) is 9.79. The van der Waals surface area contributed by atoms with Crippen LogP contribution in [0.1, 0.15) is 12.7 Å². The highest BCUT2D eigenvalue weighted by molar-refractivity contribution is 6.31. The van der Waals surface area contributed by atoms with Crippen molar-refractivity contribution in [3.8, 4) is 0 Å².